The fraction of sp³-hybridized carbons (Fsp3) is 1.00. The van der Waals surface area contributed by atoms with Crippen molar-refractivity contribution < 1.29 is 27.6 Å². The Morgan fingerprint density at radius 3 is 1.55 bits per heavy atom. The fourth-order valence-electron chi connectivity index (χ4n) is 0.0385. The summed E-state index contributed by atoms with van der Waals surface area (Å²) in [6, 6.07) is 0. The third-order valence-electron chi connectivity index (χ3n) is 0.116. The van der Waals surface area contributed by atoms with Crippen molar-refractivity contribution >= 4 is 10.4 Å². The zero-order valence-corrected chi connectivity index (χ0v) is 7.20. The lowest BCUT2D eigenvalue weighted by Gasteiger charge is -1.90. The number of hydrogen-bond donors (Lipinski definition) is 2. The molecule has 0 aliphatic heterocycles. The highest BCUT2D eigenvalue weighted by molar-refractivity contribution is 7.80. The molecule has 0 bridgehead atoms. The molecule has 0 atom stereocenters. The van der Waals surface area contributed by atoms with Gasteiger partial charge in [0.25, 0.3) is 0 Å². The van der Waals surface area contributed by atoms with Crippen LogP contribution in [0.5, 0.6) is 0 Å². The first kappa shape index (κ1) is 13.3. The Hall–Kier alpha value is -0.250. The van der Waals surface area contributed by atoms with Crippen LogP contribution in [0.25, 0.3) is 0 Å². The van der Waals surface area contributed by atoms with Gasteiger partial charge in [0.15, 0.2) is 0 Å². The monoisotopic (exact) mass is 189 g/mol. The van der Waals surface area contributed by atoms with Gasteiger partial charge in [0.05, 0.1) is 0 Å². The molecule has 0 aliphatic carbocycles. The molecule has 0 heterocycles. The minimum absolute atomic E-state index is 2.00. The van der Waals surface area contributed by atoms with Gasteiger partial charge in [0.2, 0.25) is 0 Å². The molecule has 0 radical (unpaired) electrons. The summed E-state index contributed by atoms with van der Waals surface area (Å²) in [4.78, 5) is 2.00. The summed E-state index contributed by atoms with van der Waals surface area (Å²) in [6.07, 6.45) is 0. The van der Waals surface area contributed by atoms with Crippen LogP contribution >= 0.6 is 0 Å². The molecule has 0 saturated carbocycles. The van der Waals surface area contributed by atoms with Crippen molar-refractivity contribution in [2.45, 2.75) is 0 Å². The minimum atomic E-state index is -4.65. The van der Waals surface area contributed by atoms with E-state index in [1.165, 1.54) is 0 Å². The van der Waals surface area contributed by atoms with Gasteiger partial charge in [-0.15, -0.1) is 0 Å². The standard InChI is InChI=1S/C3H9N.H2O6S/c1-4(2)3;1-5-6-7(2,3)4/h1-3H3;1H,(H,2,3,4). The second-order valence-corrected chi connectivity index (χ2v) is 2.90. The Balaban J connectivity index is 0. The van der Waals surface area contributed by atoms with Crippen LogP contribution in [0, 0.1) is 0 Å². The van der Waals surface area contributed by atoms with E-state index in [0.29, 0.717) is 0 Å². The molecule has 11 heavy (non-hydrogen) atoms. The Bertz CT molecular complexity index is 160. The lowest BCUT2D eigenvalue weighted by Crippen LogP contribution is -2.01. The first-order chi connectivity index (χ1) is 4.79. The average Bonchev–Trinajstić information content (AvgIpc) is 1.58. The molecule has 0 amide bonds. The molecule has 70 valence electrons. The maximum absolute atomic E-state index is 9.28. The fourth-order valence-corrected chi connectivity index (χ4v) is 0.115. The van der Waals surface area contributed by atoms with Crippen molar-refractivity contribution in [1.82, 2.24) is 4.90 Å². The van der Waals surface area contributed by atoms with Crippen LogP contribution in [0.15, 0.2) is 0 Å². The van der Waals surface area contributed by atoms with Gasteiger partial charge in [-0.05, 0) is 21.1 Å². The van der Waals surface area contributed by atoms with Gasteiger partial charge in [-0.2, -0.15) is 8.42 Å². The topological polar surface area (TPSA) is 96.3 Å². The predicted molar refractivity (Wildman–Crippen MR) is 36.0 cm³/mol. The van der Waals surface area contributed by atoms with Crippen molar-refractivity contribution in [3.8, 4) is 0 Å². The van der Waals surface area contributed by atoms with Crippen LogP contribution in [-0.4, -0.2) is 44.3 Å². The molecule has 2 N–H and O–H groups in total. The Kier molecular flexibility index (Phi) is 7.84. The molecular weight excluding hydrogens is 178 g/mol. The van der Waals surface area contributed by atoms with Crippen LogP contribution < -0.4 is 0 Å². The van der Waals surface area contributed by atoms with Crippen molar-refractivity contribution in [2.24, 2.45) is 0 Å². The molecule has 0 rings (SSSR count). The summed E-state index contributed by atoms with van der Waals surface area (Å²) in [5, 5.41) is 9.71. The molecule has 0 aromatic heterocycles. The van der Waals surface area contributed by atoms with E-state index < -0.39 is 10.4 Å². The van der Waals surface area contributed by atoms with E-state index in [0.717, 1.165) is 0 Å². The van der Waals surface area contributed by atoms with E-state index in [-0.39, 0.29) is 0 Å². The Labute approximate surface area is 65.0 Å². The Morgan fingerprint density at radius 1 is 1.27 bits per heavy atom. The molecule has 7 nitrogen and oxygen atoms in total. The lowest BCUT2D eigenvalue weighted by atomic mass is 11.0. The van der Waals surface area contributed by atoms with E-state index in [1.54, 1.807) is 0 Å². The summed E-state index contributed by atoms with van der Waals surface area (Å²) in [5.41, 5.74) is 0. The van der Waals surface area contributed by atoms with Crippen LogP contribution in [0.3, 0.4) is 0 Å². The highest BCUT2D eigenvalue weighted by atomic mass is 32.3. The van der Waals surface area contributed by atoms with Gasteiger partial charge in [0, 0.05) is 0 Å². The summed E-state index contributed by atoms with van der Waals surface area (Å²) < 4.78 is 28.9. The first-order valence-electron chi connectivity index (χ1n) is 2.37. The zero-order chi connectivity index (χ0) is 9.49. The molecule has 0 unspecified atom stereocenters. The number of nitrogens with zero attached hydrogens (tertiary/aromatic N) is 1. The molecule has 0 aromatic rings. The van der Waals surface area contributed by atoms with Crippen molar-refractivity contribution in [3.63, 3.8) is 0 Å². The molecule has 8 heteroatoms. The maximum atomic E-state index is 9.28. The normalized spacial score (nSPS) is 10.7. The van der Waals surface area contributed by atoms with Crippen LogP contribution in [0.2, 0.25) is 0 Å². The second-order valence-electron chi connectivity index (χ2n) is 1.91. The van der Waals surface area contributed by atoms with Gasteiger partial charge >= 0.3 is 10.4 Å². The zero-order valence-electron chi connectivity index (χ0n) is 6.38. The summed E-state index contributed by atoms with van der Waals surface area (Å²) in [6.45, 7) is 0. The molecule has 0 aliphatic rings. The molecule has 0 spiro atoms. The third-order valence-corrected chi connectivity index (χ3v) is 0.349. The summed E-state index contributed by atoms with van der Waals surface area (Å²) in [5.74, 6) is 0. The van der Waals surface area contributed by atoms with Gasteiger partial charge in [-0.3, -0.25) is 4.55 Å². The van der Waals surface area contributed by atoms with Crippen LogP contribution in [0.4, 0.5) is 0 Å². The average molecular weight is 189 g/mol. The molecule has 0 fully saturated rings. The first-order valence-corrected chi connectivity index (χ1v) is 3.74. The molecule has 0 aromatic carbocycles. The van der Waals surface area contributed by atoms with Crippen LogP contribution in [-0.2, 0) is 19.8 Å². The number of hydrogen-bond acceptors (Lipinski definition) is 6. The molecule has 0 saturated heterocycles. The van der Waals surface area contributed by atoms with Gasteiger partial charge in [-0.25, -0.2) is 5.26 Å². The highest BCUT2D eigenvalue weighted by Gasteiger charge is 2.02. The highest BCUT2D eigenvalue weighted by Crippen LogP contribution is 1.81. The van der Waals surface area contributed by atoms with E-state index in [4.69, 9.17) is 9.81 Å². The van der Waals surface area contributed by atoms with E-state index >= 15 is 0 Å². The van der Waals surface area contributed by atoms with Crippen molar-refractivity contribution in [3.05, 3.63) is 0 Å². The SMILES string of the molecule is CN(C)C.O=S(=O)(O)OOO. The maximum Gasteiger partial charge on any atom is 0.426 e. The smallest absolute Gasteiger partial charge is 0.312 e. The van der Waals surface area contributed by atoms with E-state index in [2.05, 4.69) is 9.37 Å². The molecular formula is C3H11NO6S. The van der Waals surface area contributed by atoms with E-state index in [1.807, 2.05) is 26.0 Å². The Morgan fingerprint density at radius 2 is 1.55 bits per heavy atom. The van der Waals surface area contributed by atoms with Crippen molar-refractivity contribution in [2.75, 3.05) is 21.1 Å². The quantitative estimate of drug-likeness (QED) is 0.339. The largest absolute Gasteiger partial charge is 0.426 e. The van der Waals surface area contributed by atoms with Gasteiger partial charge in [-0.1, -0.05) is 9.37 Å². The summed E-state index contributed by atoms with van der Waals surface area (Å²) in [7, 11) is 1.35. The summed E-state index contributed by atoms with van der Waals surface area (Å²) >= 11 is 0. The van der Waals surface area contributed by atoms with Gasteiger partial charge < -0.3 is 4.90 Å². The van der Waals surface area contributed by atoms with E-state index in [9.17, 15) is 8.42 Å². The van der Waals surface area contributed by atoms with Gasteiger partial charge in [0.1, 0.15) is 0 Å². The lowest BCUT2D eigenvalue weighted by molar-refractivity contribution is -0.439. The van der Waals surface area contributed by atoms with Crippen LogP contribution in [0.1, 0.15) is 0 Å². The minimum Gasteiger partial charge on any atom is -0.312 e. The second kappa shape index (κ2) is 6.46. The number of rotatable bonds is 2. The van der Waals surface area contributed by atoms with Crippen molar-refractivity contribution in [1.29, 1.82) is 0 Å². The third kappa shape index (κ3) is 41.6. The predicted octanol–water partition coefficient (Wildman–Crippen LogP) is -0.612.